The van der Waals surface area contributed by atoms with Crippen molar-refractivity contribution < 1.29 is 19.4 Å². The predicted molar refractivity (Wildman–Crippen MR) is 205 cm³/mol. The lowest BCUT2D eigenvalue weighted by molar-refractivity contribution is -0.121. The summed E-state index contributed by atoms with van der Waals surface area (Å²) in [5, 5.41) is 15.8. The van der Waals surface area contributed by atoms with Gasteiger partial charge in [-0.15, -0.1) is 0 Å². The normalized spacial score (nSPS) is 11.9. The maximum atomic E-state index is 13.2. The Labute approximate surface area is 307 Å². The standard InChI is InChI=1S/C42H37Cl2N3O4/c1-28(35-13-5-10-31-9-2-3-12-36(31)35)7-6-22-45-41(48)26-47-25-39(37-20-17-33(43)24-38(37)44)46-40(47)21-16-29-14-18-34(19-15-29)51-27-30-8-4-11-32(23-30)42(49)50/h2-5,8-21,23-25,28H,6-7,22,26-27H2,1H3,(H,45,48)(H,49,50)/b21-16+. The van der Waals surface area contributed by atoms with Gasteiger partial charge in [-0.2, -0.15) is 0 Å². The van der Waals surface area contributed by atoms with Gasteiger partial charge >= 0.3 is 5.97 Å². The predicted octanol–water partition coefficient (Wildman–Crippen LogP) is 10.2. The molecule has 9 heteroatoms. The first-order chi connectivity index (χ1) is 24.7. The van der Waals surface area contributed by atoms with E-state index in [1.54, 1.807) is 30.3 Å². The largest absolute Gasteiger partial charge is 0.489 e. The van der Waals surface area contributed by atoms with Crippen molar-refractivity contribution in [3.05, 3.63) is 154 Å². The molecule has 1 amide bonds. The van der Waals surface area contributed by atoms with Crippen molar-refractivity contribution in [2.45, 2.75) is 38.8 Å². The van der Waals surface area contributed by atoms with Crippen molar-refractivity contribution in [2.75, 3.05) is 6.54 Å². The Hall–Kier alpha value is -5.37. The van der Waals surface area contributed by atoms with Crippen LogP contribution in [0.25, 0.3) is 34.2 Å². The number of rotatable bonds is 14. The zero-order chi connectivity index (χ0) is 35.7. The van der Waals surface area contributed by atoms with Crippen LogP contribution in [0.15, 0.2) is 115 Å². The minimum absolute atomic E-state index is 0.0899. The molecule has 0 aliphatic heterocycles. The van der Waals surface area contributed by atoms with E-state index in [1.807, 2.05) is 59.3 Å². The van der Waals surface area contributed by atoms with Crippen LogP contribution in [0.5, 0.6) is 5.75 Å². The van der Waals surface area contributed by atoms with Crippen molar-refractivity contribution in [1.29, 1.82) is 0 Å². The highest BCUT2D eigenvalue weighted by Gasteiger charge is 2.15. The van der Waals surface area contributed by atoms with E-state index in [2.05, 4.69) is 54.7 Å². The zero-order valence-electron chi connectivity index (χ0n) is 28.1. The van der Waals surface area contributed by atoms with Gasteiger partial charge < -0.3 is 19.7 Å². The van der Waals surface area contributed by atoms with E-state index in [0.29, 0.717) is 45.3 Å². The lowest BCUT2D eigenvalue weighted by Gasteiger charge is -2.15. The first-order valence-electron chi connectivity index (χ1n) is 16.7. The molecule has 1 heterocycles. The number of halogens is 2. The molecule has 258 valence electrons. The number of hydrogen-bond donors (Lipinski definition) is 2. The van der Waals surface area contributed by atoms with Crippen LogP contribution in [-0.4, -0.2) is 33.1 Å². The number of hydrogen-bond acceptors (Lipinski definition) is 4. The Bertz CT molecular complexity index is 2190. The summed E-state index contributed by atoms with van der Waals surface area (Å²) < 4.78 is 7.69. The van der Waals surface area contributed by atoms with Crippen molar-refractivity contribution in [1.82, 2.24) is 14.9 Å². The molecule has 0 fully saturated rings. The summed E-state index contributed by atoms with van der Waals surface area (Å²) in [5.41, 5.74) is 4.56. The minimum atomic E-state index is -0.976. The van der Waals surface area contributed by atoms with Crippen LogP contribution in [0.2, 0.25) is 10.0 Å². The number of benzene rings is 5. The smallest absolute Gasteiger partial charge is 0.335 e. The van der Waals surface area contributed by atoms with Gasteiger partial charge in [0.2, 0.25) is 5.91 Å². The molecule has 51 heavy (non-hydrogen) atoms. The highest BCUT2D eigenvalue weighted by atomic mass is 35.5. The van der Waals surface area contributed by atoms with Crippen LogP contribution < -0.4 is 10.1 Å². The second-order valence-corrected chi connectivity index (χ2v) is 13.2. The van der Waals surface area contributed by atoms with Crippen LogP contribution >= 0.6 is 23.2 Å². The minimum Gasteiger partial charge on any atom is -0.489 e. The highest BCUT2D eigenvalue weighted by molar-refractivity contribution is 6.36. The summed E-state index contributed by atoms with van der Waals surface area (Å²) in [5.74, 6) is 0.521. The molecular formula is C42H37Cl2N3O4. The number of carboxylic acids is 1. The molecule has 2 N–H and O–H groups in total. The summed E-state index contributed by atoms with van der Waals surface area (Å²) in [6, 6.07) is 34.3. The summed E-state index contributed by atoms with van der Waals surface area (Å²) in [6.45, 7) is 3.14. The van der Waals surface area contributed by atoms with Gasteiger partial charge in [0.25, 0.3) is 0 Å². The molecule has 6 aromatic rings. The molecule has 0 bridgehead atoms. The molecular weight excluding hydrogens is 681 g/mol. The van der Waals surface area contributed by atoms with Crippen molar-refractivity contribution in [2.24, 2.45) is 0 Å². The van der Waals surface area contributed by atoms with Gasteiger partial charge in [0.05, 0.1) is 16.3 Å². The van der Waals surface area contributed by atoms with Gasteiger partial charge in [-0.3, -0.25) is 4.79 Å². The summed E-state index contributed by atoms with van der Waals surface area (Å²) in [7, 11) is 0. The fraction of sp³-hybridized carbons (Fsp3) is 0.167. The lowest BCUT2D eigenvalue weighted by atomic mass is 9.91. The van der Waals surface area contributed by atoms with E-state index in [4.69, 9.17) is 32.9 Å². The molecule has 1 unspecified atom stereocenters. The number of carbonyl (C=O) groups excluding carboxylic acids is 1. The van der Waals surface area contributed by atoms with Crippen LogP contribution in [0.1, 0.15) is 58.6 Å². The summed E-state index contributed by atoms with van der Waals surface area (Å²) >= 11 is 12.7. The number of nitrogens with one attached hydrogen (secondary N) is 1. The lowest BCUT2D eigenvalue weighted by Crippen LogP contribution is -2.28. The number of amides is 1. The molecule has 0 spiro atoms. The van der Waals surface area contributed by atoms with E-state index >= 15 is 0 Å². The molecule has 1 aromatic heterocycles. The molecule has 0 saturated carbocycles. The Morgan fingerprint density at radius 2 is 1.71 bits per heavy atom. The first kappa shape index (κ1) is 35.5. The van der Waals surface area contributed by atoms with Crippen molar-refractivity contribution in [3.8, 4) is 17.0 Å². The zero-order valence-corrected chi connectivity index (χ0v) is 29.6. The van der Waals surface area contributed by atoms with E-state index in [1.165, 1.54) is 16.3 Å². The Kier molecular flexibility index (Phi) is 11.5. The molecule has 0 radical (unpaired) electrons. The topological polar surface area (TPSA) is 93.5 Å². The molecule has 7 nitrogen and oxygen atoms in total. The maximum absolute atomic E-state index is 13.2. The molecule has 1 atom stereocenters. The molecule has 0 saturated heterocycles. The van der Waals surface area contributed by atoms with Crippen LogP contribution in [-0.2, 0) is 17.9 Å². The number of ether oxygens (including phenoxy) is 1. The van der Waals surface area contributed by atoms with Gasteiger partial charge in [-0.1, -0.05) is 103 Å². The average molecular weight is 719 g/mol. The van der Waals surface area contributed by atoms with Crippen LogP contribution in [0.4, 0.5) is 0 Å². The fourth-order valence-electron chi connectivity index (χ4n) is 6.01. The number of aromatic nitrogens is 2. The van der Waals surface area contributed by atoms with E-state index in [-0.39, 0.29) is 24.6 Å². The summed E-state index contributed by atoms with van der Waals surface area (Å²) in [4.78, 5) is 29.3. The van der Waals surface area contributed by atoms with E-state index in [0.717, 1.165) is 24.0 Å². The van der Waals surface area contributed by atoms with E-state index < -0.39 is 5.97 Å². The molecule has 0 aliphatic carbocycles. The monoisotopic (exact) mass is 717 g/mol. The number of fused-ring (bicyclic) bond motifs is 1. The number of carbonyl (C=O) groups is 2. The summed E-state index contributed by atoms with van der Waals surface area (Å²) in [6.07, 6.45) is 7.41. The second kappa shape index (κ2) is 16.6. The fourth-order valence-corrected chi connectivity index (χ4v) is 6.51. The van der Waals surface area contributed by atoms with Gasteiger partial charge in [0.15, 0.2) is 0 Å². The third kappa shape index (κ3) is 9.25. The van der Waals surface area contributed by atoms with Crippen molar-refractivity contribution >= 4 is 58.0 Å². The van der Waals surface area contributed by atoms with Crippen LogP contribution in [0, 0.1) is 0 Å². The highest BCUT2D eigenvalue weighted by Crippen LogP contribution is 2.31. The Morgan fingerprint density at radius 3 is 2.51 bits per heavy atom. The number of aromatic carboxylic acids is 1. The van der Waals surface area contributed by atoms with Crippen LogP contribution in [0.3, 0.4) is 0 Å². The van der Waals surface area contributed by atoms with Gasteiger partial charge in [-0.25, -0.2) is 9.78 Å². The van der Waals surface area contributed by atoms with Gasteiger partial charge in [0.1, 0.15) is 24.7 Å². The van der Waals surface area contributed by atoms with Gasteiger partial charge in [-0.05, 0) is 94.8 Å². The second-order valence-electron chi connectivity index (χ2n) is 12.4. The third-order valence-corrected chi connectivity index (χ3v) is 9.25. The third-order valence-electron chi connectivity index (χ3n) is 8.70. The average Bonchev–Trinajstić information content (AvgIpc) is 3.53. The Morgan fingerprint density at radius 1 is 0.922 bits per heavy atom. The molecule has 5 aromatic carbocycles. The number of nitrogens with zero attached hydrogens (tertiary/aromatic N) is 2. The van der Waals surface area contributed by atoms with Gasteiger partial charge in [0, 0.05) is 23.3 Å². The molecule has 6 rings (SSSR count). The SMILES string of the molecule is CC(CCCNC(=O)Cn1cc(-c2ccc(Cl)cc2Cl)nc1/C=C/c1ccc(OCc2cccc(C(=O)O)c2)cc1)c1cccc2ccccc12. The maximum Gasteiger partial charge on any atom is 0.335 e. The number of carboxylic acid groups (broad SMARTS) is 1. The van der Waals surface area contributed by atoms with E-state index in [9.17, 15) is 14.7 Å². The Balaban J connectivity index is 1.10. The quantitative estimate of drug-likeness (QED) is 0.109. The van der Waals surface area contributed by atoms with Crippen molar-refractivity contribution in [3.63, 3.8) is 0 Å². The number of imidazole rings is 1. The molecule has 0 aliphatic rings. The first-order valence-corrected chi connectivity index (χ1v) is 17.5.